The second-order valence-electron chi connectivity index (χ2n) is 6.48. The third-order valence-electron chi connectivity index (χ3n) is 4.25. The van der Waals surface area contributed by atoms with Gasteiger partial charge in [-0.15, -0.1) is 0 Å². The summed E-state index contributed by atoms with van der Waals surface area (Å²) in [6.45, 7) is 4.32. The number of hydrogen-bond donors (Lipinski definition) is 2. The van der Waals surface area contributed by atoms with E-state index in [9.17, 15) is 18.0 Å². The number of nitrogens with zero attached hydrogens (tertiary/aromatic N) is 1. The maximum absolute atomic E-state index is 12.2. The van der Waals surface area contributed by atoms with Gasteiger partial charge in [0.05, 0.1) is 24.6 Å². The Morgan fingerprint density at radius 2 is 1.96 bits per heavy atom. The summed E-state index contributed by atoms with van der Waals surface area (Å²) in [4.78, 5) is 26.1. The van der Waals surface area contributed by atoms with Gasteiger partial charge in [0.15, 0.2) is 9.84 Å². The molecule has 1 aliphatic heterocycles. The number of rotatable bonds is 7. The molecule has 7 nitrogen and oxygen atoms in total. The predicted octanol–water partition coefficient (Wildman–Crippen LogP) is 1.21. The fourth-order valence-corrected chi connectivity index (χ4v) is 4.63. The summed E-state index contributed by atoms with van der Waals surface area (Å²) in [5.41, 5.74) is 1.53. The van der Waals surface area contributed by atoms with E-state index >= 15 is 0 Å². The number of likely N-dealkylation sites (N-methyl/N-ethyl adjacent to an activating group) is 1. The predicted molar refractivity (Wildman–Crippen MR) is 102 cm³/mol. The van der Waals surface area contributed by atoms with E-state index in [1.807, 2.05) is 19.9 Å². The van der Waals surface area contributed by atoms with Crippen molar-refractivity contribution in [1.82, 2.24) is 10.2 Å². The highest BCUT2D eigenvalue weighted by Gasteiger charge is 2.29. The van der Waals surface area contributed by atoms with E-state index < -0.39 is 9.84 Å². The molecule has 1 atom stereocenters. The number of halogens is 1. The van der Waals surface area contributed by atoms with E-state index in [4.69, 9.17) is 11.6 Å². The zero-order valence-corrected chi connectivity index (χ0v) is 16.5. The molecule has 0 unspecified atom stereocenters. The normalized spacial score (nSPS) is 18.7. The van der Waals surface area contributed by atoms with Crippen molar-refractivity contribution in [3.05, 3.63) is 28.8 Å². The number of hydrogen-bond acceptors (Lipinski definition) is 5. The van der Waals surface area contributed by atoms with Crippen molar-refractivity contribution in [2.75, 3.05) is 36.5 Å². The van der Waals surface area contributed by atoms with Crippen LogP contribution < -0.4 is 10.6 Å². The Labute approximate surface area is 159 Å². The minimum Gasteiger partial charge on any atom is -0.351 e. The second-order valence-corrected chi connectivity index (χ2v) is 9.14. The lowest BCUT2D eigenvalue weighted by molar-refractivity contribution is -0.123. The maximum atomic E-state index is 12.2. The first-order valence-electron chi connectivity index (χ1n) is 8.46. The minimum absolute atomic E-state index is 0.0145. The number of carbonyl (C=O) groups excluding carboxylic acids is 2. The Morgan fingerprint density at radius 1 is 1.27 bits per heavy atom. The SMILES string of the molecule is CCN(CC(=O)Nc1cc(Cl)ccc1C)CC(=O)N[C@@H]1CCS(=O)(=O)C1. The third kappa shape index (κ3) is 6.26. The lowest BCUT2D eigenvalue weighted by atomic mass is 10.2. The molecule has 1 fully saturated rings. The zero-order chi connectivity index (χ0) is 19.3. The van der Waals surface area contributed by atoms with Gasteiger partial charge < -0.3 is 10.6 Å². The molecule has 1 aromatic rings. The molecule has 1 aliphatic rings. The molecule has 2 rings (SSSR count). The first-order valence-corrected chi connectivity index (χ1v) is 10.7. The fraction of sp³-hybridized carbons (Fsp3) is 0.529. The Kier molecular flexibility index (Phi) is 7.02. The summed E-state index contributed by atoms with van der Waals surface area (Å²) >= 11 is 5.95. The summed E-state index contributed by atoms with van der Waals surface area (Å²) in [5, 5.41) is 6.06. The zero-order valence-electron chi connectivity index (χ0n) is 14.9. The van der Waals surface area contributed by atoms with Crippen molar-refractivity contribution in [3.63, 3.8) is 0 Å². The van der Waals surface area contributed by atoms with Crippen LogP contribution in [0.15, 0.2) is 18.2 Å². The van der Waals surface area contributed by atoms with Gasteiger partial charge in [-0.25, -0.2) is 8.42 Å². The molecule has 9 heteroatoms. The Morgan fingerprint density at radius 3 is 2.58 bits per heavy atom. The van der Waals surface area contributed by atoms with E-state index in [1.165, 1.54) is 0 Å². The molecule has 0 bridgehead atoms. The molecule has 0 spiro atoms. The van der Waals surface area contributed by atoms with Crippen molar-refractivity contribution in [2.45, 2.75) is 26.3 Å². The Hall–Kier alpha value is -1.64. The van der Waals surface area contributed by atoms with Crippen LogP contribution in [-0.4, -0.2) is 62.3 Å². The molecular formula is C17H24ClN3O4S. The smallest absolute Gasteiger partial charge is 0.238 e. The van der Waals surface area contributed by atoms with Crippen LogP contribution in [0.3, 0.4) is 0 Å². The van der Waals surface area contributed by atoms with E-state index in [1.54, 1.807) is 17.0 Å². The van der Waals surface area contributed by atoms with Gasteiger partial charge >= 0.3 is 0 Å². The number of aryl methyl sites for hydroxylation is 1. The first kappa shape index (κ1) is 20.7. The monoisotopic (exact) mass is 401 g/mol. The van der Waals surface area contributed by atoms with Crippen LogP contribution in [-0.2, 0) is 19.4 Å². The quantitative estimate of drug-likeness (QED) is 0.716. The standard InChI is InChI=1S/C17H24ClN3O4S/c1-3-21(9-16(22)19-14-6-7-26(24,25)11-14)10-17(23)20-15-8-13(18)5-4-12(15)2/h4-5,8,14H,3,6-7,9-11H2,1-2H3,(H,19,22)(H,20,23)/t14-/m1/s1. The van der Waals surface area contributed by atoms with Crippen LogP contribution in [0, 0.1) is 6.92 Å². The van der Waals surface area contributed by atoms with Crippen molar-refractivity contribution >= 4 is 38.9 Å². The van der Waals surface area contributed by atoms with E-state index in [2.05, 4.69) is 10.6 Å². The number of anilines is 1. The van der Waals surface area contributed by atoms with Crippen molar-refractivity contribution < 1.29 is 18.0 Å². The second kappa shape index (κ2) is 8.83. The molecule has 0 radical (unpaired) electrons. The van der Waals surface area contributed by atoms with Crippen LogP contribution in [0.4, 0.5) is 5.69 Å². The summed E-state index contributed by atoms with van der Waals surface area (Å²) in [6, 6.07) is 4.91. The number of sulfone groups is 1. The van der Waals surface area contributed by atoms with Crippen LogP contribution in [0.25, 0.3) is 0 Å². The number of amides is 2. The topological polar surface area (TPSA) is 95.6 Å². The fourth-order valence-electron chi connectivity index (χ4n) is 2.79. The average Bonchev–Trinajstić information content (AvgIpc) is 2.88. The lowest BCUT2D eigenvalue weighted by Crippen LogP contribution is -2.44. The molecule has 1 aromatic carbocycles. The molecular weight excluding hydrogens is 378 g/mol. The van der Waals surface area contributed by atoms with Crippen LogP contribution in [0.5, 0.6) is 0 Å². The van der Waals surface area contributed by atoms with Crippen molar-refractivity contribution in [2.24, 2.45) is 0 Å². The Bertz CT molecular complexity index is 782. The molecule has 1 heterocycles. The van der Waals surface area contributed by atoms with Gasteiger partial charge in [0.25, 0.3) is 0 Å². The van der Waals surface area contributed by atoms with E-state index in [0.717, 1.165) is 5.56 Å². The van der Waals surface area contributed by atoms with Crippen LogP contribution >= 0.6 is 11.6 Å². The number of benzene rings is 1. The molecule has 0 saturated carbocycles. The average molecular weight is 402 g/mol. The molecule has 0 aromatic heterocycles. The molecule has 0 aliphatic carbocycles. The number of carbonyl (C=O) groups is 2. The van der Waals surface area contributed by atoms with Crippen molar-refractivity contribution in [1.29, 1.82) is 0 Å². The van der Waals surface area contributed by atoms with Gasteiger partial charge in [0.2, 0.25) is 11.8 Å². The third-order valence-corrected chi connectivity index (χ3v) is 6.26. The Balaban J connectivity index is 1.85. The van der Waals surface area contributed by atoms with Gasteiger partial charge in [-0.1, -0.05) is 24.6 Å². The van der Waals surface area contributed by atoms with Crippen molar-refractivity contribution in [3.8, 4) is 0 Å². The molecule has 26 heavy (non-hydrogen) atoms. The molecule has 2 N–H and O–H groups in total. The summed E-state index contributed by atoms with van der Waals surface area (Å²) in [5.74, 6) is -0.426. The summed E-state index contributed by atoms with van der Waals surface area (Å²) in [6.07, 6.45) is 0.439. The lowest BCUT2D eigenvalue weighted by Gasteiger charge is -2.21. The summed E-state index contributed by atoms with van der Waals surface area (Å²) in [7, 11) is -3.04. The van der Waals surface area contributed by atoms with Gasteiger partial charge in [-0.05, 0) is 37.6 Å². The molecule has 1 saturated heterocycles. The van der Waals surface area contributed by atoms with Gasteiger partial charge in [-0.2, -0.15) is 0 Å². The van der Waals surface area contributed by atoms with E-state index in [0.29, 0.717) is 23.7 Å². The highest BCUT2D eigenvalue weighted by atomic mass is 35.5. The first-order chi connectivity index (χ1) is 12.2. The van der Waals surface area contributed by atoms with Gasteiger partial charge in [0, 0.05) is 16.8 Å². The highest BCUT2D eigenvalue weighted by Crippen LogP contribution is 2.20. The largest absolute Gasteiger partial charge is 0.351 e. The van der Waals surface area contributed by atoms with Gasteiger partial charge in [-0.3, -0.25) is 14.5 Å². The van der Waals surface area contributed by atoms with Crippen LogP contribution in [0.2, 0.25) is 5.02 Å². The van der Waals surface area contributed by atoms with Gasteiger partial charge in [0.1, 0.15) is 0 Å². The molecule has 144 valence electrons. The van der Waals surface area contributed by atoms with Crippen LogP contribution in [0.1, 0.15) is 18.9 Å². The number of nitrogens with one attached hydrogen (secondary N) is 2. The maximum Gasteiger partial charge on any atom is 0.238 e. The minimum atomic E-state index is -3.04. The summed E-state index contributed by atoms with van der Waals surface area (Å²) < 4.78 is 22.9. The van der Waals surface area contributed by atoms with E-state index in [-0.39, 0.29) is 42.5 Å². The highest BCUT2D eigenvalue weighted by molar-refractivity contribution is 7.91. The molecule has 2 amide bonds.